The minimum Gasteiger partial charge on any atom is -0.207 e. The van der Waals surface area contributed by atoms with Gasteiger partial charge in [-0.1, -0.05) is 30.3 Å². The zero-order valence-corrected chi connectivity index (χ0v) is 11.7. The quantitative estimate of drug-likeness (QED) is 0.467. The summed E-state index contributed by atoms with van der Waals surface area (Å²) < 4.78 is 6.01. The molecule has 1 heterocycles. The molecule has 0 unspecified atom stereocenters. The van der Waals surface area contributed by atoms with Gasteiger partial charge in [0.05, 0.1) is 21.2 Å². The van der Waals surface area contributed by atoms with Gasteiger partial charge in [-0.05, 0) is 24.3 Å². The van der Waals surface area contributed by atoms with Crippen molar-refractivity contribution in [2.75, 3.05) is 0 Å². The molecule has 0 spiro atoms. The van der Waals surface area contributed by atoms with Crippen LogP contribution in [0.2, 0.25) is 0 Å². The minimum atomic E-state index is 0.950. The topological polar surface area (TPSA) is 11.3 Å². The number of benzene rings is 2. The van der Waals surface area contributed by atoms with Crippen molar-refractivity contribution >= 4 is 26.4 Å². The van der Waals surface area contributed by atoms with Crippen LogP contribution in [-0.2, 0) is 0 Å². The van der Waals surface area contributed by atoms with Gasteiger partial charge < -0.3 is 0 Å². The second-order valence-corrected chi connectivity index (χ2v) is 5.24. The van der Waals surface area contributed by atoms with Gasteiger partial charge in [-0.2, -0.15) is 0 Å². The summed E-state index contributed by atoms with van der Waals surface area (Å²) in [5.74, 6) is 1.01. The third-order valence-corrected chi connectivity index (χ3v) is 3.64. The molecule has 0 N–H and O–H groups in total. The number of hydrogen-bond donors (Lipinski definition) is 0. The molecule has 3 rings (SSSR count). The first-order valence-electron chi connectivity index (χ1n) is 5.72. The van der Waals surface area contributed by atoms with Crippen LogP contribution in [0.4, 0.5) is 0 Å². The maximum Gasteiger partial charge on any atom is 0.360 e. The smallest absolute Gasteiger partial charge is 0.207 e. The molecular weight excluding hydrogens is 224 g/mol. The predicted molar refractivity (Wildman–Crippen MR) is 75.6 cm³/mol. The highest BCUT2D eigenvalue weighted by Crippen LogP contribution is 2.21. The standard InChI is InChI=1S/C15H13OSi/c17-14-10-12-8-4-5-9-13(12)16-15(14)11-6-2-1-3-7-11/h1-10H,17H3/q+1. The SMILES string of the molecule is [SiH3]c1cc2ccccc2[o+]c1-c1ccccc1. The van der Waals surface area contributed by atoms with Crippen LogP contribution in [0, 0.1) is 0 Å². The van der Waals surface area contributed by atoms with E-state index in [0.29, 0.717) is 0 Å². The monoisotopic (exact) mass is 237 g/mol. The molecule has 0 bridgehead atoms. The molecule has 0 atom stereocenters. The second kappa shape index (κ2) is 4.15. The van der Waals surface area contributed by atoms with Gasteiger partial charge in [-0.25, -0.2) is 4.42 Å². The van der Waals surface area contributed by atoms with E-state index in [0.717, 1.165) is 27.1 Å². The van der Waals surface area contributed by atoms with E-state index in [9.17, 15) is 0 Å². The van der Waals surface area contributed by atoms with Crippen molar-refractivity contribution in [3.05, 3.63) is 60.7 Å². The summed E-state index contributed by atoms with van der Waals surface area (Å²) in [5, 5.41) is 2.48. The number of fused-ring (bicyclic) bond motifs is 1. The Bertz CT molecular complexity index is 662. The molecule has 17 heavy (non-hydrogen) atoms. The minimum absolute atomic E-state index is 0.950. The van der Waals surface area contributed by atoms with Crippen LogP contribution in [0.3, 0.4) is 0 Å². The Labute approximate surface area is 103 Å². The van der Waals surface area contributed by atoms with Gasteiger partial charge in [0.25, 0.3) is 0 Å². The van der Waals surface area contributed by atoms with Crippen molar-refractivity contribution in [2.45, 2.75) is 0 Å². The molecule has 0 aliphatic heterocycles. The lowest BCUT2D eigenvalue weighted by Crippen LogP contribution is -2.06. The molecule has 0 aliphatic carbocycles. The van der Waals surface area contributed by atoms with Crippen LogP contribution in [0.5, 0.6) is 0 Å². The number of hydrogen-bond acceptors (Lipinski definition) is 0. The summed E-state index contributed by atoms with van der Waals surface area (Å²) in [6, 6.07) is 20.7. The Morgan fingerprint density at radius 2 is 1.53 bits per heavy atom. The van der Waals surface area contributed by atoms with Crippen molar-refractivity contribution in [2.24, 2.45) is 0 Å². The van der Waals surface area contributed by atoms with Gasteiger partial charge in [0.1, 0.15) is 0 Å². The fraction of sp³-hybridized carbons (Fsp3) is 0. The van der Waals surface area contributed by atoms with Crippen LogP contribution in [0.15, 0.2) is 65.1 Å². The summed E-state index contributed by atoms with van der Waals surface area (Å²) in [6.07, 6.45) is 0. The van der Waals surface area contributed by atoms with Crippen LogP contribution in [-0.4, -0.2) is 10.2 Å². The summed E-state index contributed by atoms with van der Waals surface area (Å²) in [7, 11) is 0.986. The lowest BCUT2D eigenvalue weighted by molar-refractivity contribution is 0.624. The summed E-state index contributed by atoms with van der Waals surface area (Å²) in [4.78, 5) is 0. The molecule has 0 saturated carbocycles. The number of para-hydroxylation sites is 1. The van der Waals surface area contributed by atoms with Gasteiger partial charge >= 0.3 is 11.3 Å². The fourth-order valence-electron chi connectivity index (χ4n) is 2.06. The van der Waals surface area contributed by atoms with E-state index in [1.165, 1.54) is 10.6 Å². The van der Waals surface area contributed by atoms with Crippen molar-refractivity contribution in [3.63, 3.8) is 0 Å². The second-order valence-electron chi connectivity index (χ2n) is 4.16. The molecule has 1 aromatic heterocycles. The molecule has 0 aliphatic rings. The average molecular weight is 237 g/mol. The lowest BCUT2D eigenvalue weighted by Gasteiger charge is -1.96. The van der Waals surface area contributed by atoms with E-state index in [-0.39, 0.29) is 0 Å². The van der Waals surface area contributed by atoms with Gasteiger partial charge in [-0.15, -0.1) is 0 Å². The van der Waals surface area contributed by atoms with E-state index in [1.54, 1.807) is 0 Å². The molecule has 0 amide bonds. The highest BCUT2D eigenvalue weighted by molar-refractivity contribution is 6.36. The largest absolute Gasteiger partial charge is 0.360 e. The van der Waals surface area contributed by atoms with Gasteiger partial charge in [0.15, 0.2) is 0 Å². The highest BCUT2D eigenvalue weighted by Gasteiger charge is 2.17. The van der Waals surface area contributed by atoms with Crippen molar-refractivity contribution in [1.29, 1.82) is 0 Å². The lowest BCUT2D eigenvalue weighted by atomic mass is 10.1. The van der Waals surface area contributed by atoms with E-state index in [2.05, 4.69) is 24.3 Å². The van der Waals surface area contributed by atoms with E-state index in [1.807, 2.05) is 36.4 Å². The van der Waals surface area contributed by atoms with Crippen molar-refractivity contribution in [1.82, 2.24) is 0 Å². The van der Waals surface area contributed by atoms with Crippen molar-refractivity contribution < 1.29 is 4.42 Å². The van der Waals surface area contributed by atoms with Crippen LogP contribution in [0.25, 0.3) is 22.3 Å². The Kier molecular flexibility index (Phi) is 2.50. The summed E-state index contributed by atoms with van der Waals surface area (Å²) in [6.45, 7) is 0. The molecule has 3 aromatic rings. The fourth-order valence-corrected chi connectivity index (χ4v) is 2.76. The van der Waals surface area contributed by atoms with Gasteiger partial charge in [0.2, 0.25) is 0 Å². The zero-order valence-electron chi connectivity index (χ0n) is 9.68. The Hall–Kier alpha value is -1.93. The van der Waals surface area contributed by atoms with E-state index < -0.39 is 0 Å². The van der Waals surface area contributed by atoms with Crippen LogP contribution < -0.4 is 5.19 Å². The maximum absolute atomic E-state index is 6.01. The molecule has 0 saturated heterocycles. The zero-order chi connectivity index (χ0) is 11.7. The summed E-state index contributed by atoms with van der Waals surface area (Å²) >= 11 is 0. The molecule has 82 valence electrons. The molecule has 0 fully saturated rings. The Morgan fingerprint density at radius 1 is 0.824 bits per heavy atom. The first-order valence-corrected chi connectivity index (χ1v) is 6.72. The van der Waals surface area contributed by atoms with E-state index in [4.69, 9.17) is 4.42 Å². The van der Waals surface area contributed by atoms with Crippen molar-refractivity contribution in [3.8, 4) is 11.3 Å². The third-order valence-electron chi connectivity index (χ3n) is 2.90. The molecule has 1 nitrogen and oxygen atoms in total. The molecule has 0 radical (unpaired) electrons. The van der Waals surface area contributed by atoms with E-state index >= 15 is 0 Å². The first-order chi connectivity index (χ1) is 8.34. The highest BCUT2D eigenvalue weighted by atomic mass is 28.1. The van der Waals surface area contributed by atoms with Crippen LogP contribution in [0.1, 0.15) is 0 Å². The van der Waals surface area contributed by atoms with Gasteiger partial charge in [0, 0.05) is 11.3 Å². The predicted octanol–water partition coefficient (Wildman–Crippen LogP) is 2.37. The summed E-state index contributed by atoms with van der Waals surface area (Å²) in [5.41, 5.74) is 2.11. The van der Waals surface area contributed by atoms with Crippen LogP contribution >= 0.6 is 0 Å². The molecule has 2 aromatic carbocycles. The third kappa shape index (κ3) is 1.87. The molecular formula is C15H13OSi+. The first kappa shape index (κ1) is 10.2. The maximum atomic E-state index is 6.01. The average Bonchev–Trinajstić information content (AvgIpc) is 2.39. The Balaban J connectivity index is 2.27. The molecule has 2 heteroatoms. The van der Waals surface area contributed by atoms with Gasteiger partial charge in [-0.3, -0.25) is 0 Å². The number of rotatable bonds is 1. The normalized spacial score (nSPS) is 10.8. The Morgan fingerprint density at radius 3 is 2.35 bits per heavy atom.